The Balaban J connectivity index is 2.42. The quantitative estimate of drug-likeness (QED) is 0.743. The number of nitrogens with two attached hydrogens (primary N) is 1. The molecule has 1 unspecified atom stereocenters. The molecule has 1 aromatic rings. The molecule has 4 heteroatoms. The van der Waals surface area contributed by atoms with E-state index in [-0.39, 0.29) is 18.5 Å². The molecule has 1 heterocycles. The lowest BCUT2D eigenvalue weighted by molar-refractivity contribution is 0.174. The van der Waals surface area contributed by atoms with Crippen LogP contribution in [0.2, 0.25) is 0 Å². The van der Waals surface area contributed by atoms with Crippen molar-refractivity contribution < 1.29 is 14.6 Å². The Labute approximate surface area is 82.2 Å². The highest BCUT2D eigenvalue weighted by molar-refractivity contribution is 5.52. The molecule has 2 rings (SSSR count). The Kier molecular flexibility index (Phi) is 2.21. The summed E-state index contributed by atoms with van der Waals surface area (Å²) < 4.78 is 10.3. The molecule has 1 atom stereocenters. The Morgan fingerprint density at radius 1 is 1.43 bits per heavy atom. The SMILES string of the molecule is CC(CN)c1cc2c(cc1O)OCO2. The molecule has 0 amide bonds. The van der Waals surface area contributed by atoms with Gasteiger partial charge >= 0.3 is 0 Å². The molecule has 14 heavy (non-hydrogen) atoms. The zero-order valence-electron chi connectivity index (χ0n) is 7.99. The van der Waals surface area contributed by atoms with Gasteiger partial charge in [0.1, 0.15) is 5.75 Å². The van der Waals surface area contributed by atoms with Crippen molar-refractivity contribution in [1.29, 1.82) is 0 Å². The van der Waals surface area contributed by atoms with E-state index in [1.54, 1.807) is 12.1 Å². The Morgan fingerprint density at radius 2 is 2.07 bits per heavy atom. The second kappa shape index (κ2) is 3.38. The average molecular weight is 195 g/mol. The number of phenolic OH excluding ortho intramolecular Hbond substituents is 1. The molecule has 0 aliphatic carbocycles. The number of rotatable bonds is 2. The molecular weight excluding hydrogens is 182 g/mol. The highest BCUT2D eigenvalue weighted by atomic mass is 16.7. The van der Waals surface area contributed by atoms with Crippen molar-refractivity contribution in [1.82, 2.24) is 0 Å². The van der Waals surface area contributed by atoms with Crippen molar-refractivity contribution in [2.24, 2.45) is 5.73 Å². The summed E-state index contributed by atoms with van der Waals surface area (Å²) >= 11 is 0. The molecule has 1 aliphatic heterocycles. The van der Waals surface area contributed by atoms with E-state index < -0.39 is 0 Å². The van der Waals surface area contributed by atoms with Crippen LogP contribution in [0.25, 0.3) is 0 Å². The van der Waals surface area contributed by atoms with E-state index in [2.05, 4.69) is 0 Å². The topological polar surface area (TPSA) is 64.7 Å². The number of aromatic hydroxyl groups is 1. The third-order valence-corrected chi connectivity index (χ3v) is 2.41. The molecule has 0 radical (unpaired) electrons. The highest BCUT2D eigenvalue weighted by Crippen LogP contribution is 2.39. The monoisotopic (exact) mass is 195 g/mol. The van der Waals surface area contributed by atoms with Crippen molar-refractivity contribution >= 4 is 0 Å². The summed E-state index contributed by atoms with van der Waals surface area (Å²) in [5.41, 5.74) is 6.34. The van der Waals surface area contributed by atoms with Crippen molar-refractivity contribution in [3.05, 3.63) is 17.7 Å². The van der Waals surface area contributed by atoms with Gasteiger partial charge in [-0.15, -0.1) is 0 Å². The molecule has 0 saturated heterocycles. The predicted molar refractivity (Wildman–Crippen MR) is 51.7 cm³/mol. The molecule has 0 saturated carbocycles. The first-order chi connectivity index (χ1) is 6.72. The smallest absolute Gasteiger partial charge is 0.231 e. The lowest BCUT2D eigenvalue weighted by Gasteiger charge is -2.11. The largest absolute Gasteiger partial charge is 0.508 e. The predicted octanol–water partition coefficient (Wildman–Crippen LogP) is 1.18. The van der Waals surface area contributed by atoms with Gasteiger partial charge in [-0.2, -0.15) is 0 Å². The number of hydrogen-bond donors (Lipinski definition) is 2. The van der Waals surface area contributed by atoms with Crippen LogP contribution in [-0.2, 0) is 0 Å². The van der Waals surface area contributed by atoms with Crippen LogP contribution in [0, 0.1) is 0 Å². The summed E-state index contributed by atoms with van der Waals surface area (Å²) in [4.78, 5) is 0. The summed E-state index contributed by atoms with van der Waals surface area (Å²) in [5.74, 6) is 1.60. The highest BCUT2D eigenvalue weighted by Gasteiger charge is 2.19. The number of benzene rings is 1. The first-order valence-corrected chi connectivity index (χ1v) is 4.55. The van der Waals surface area contributed by atoms with Gasteiger partial charge in [0, 0.05) is 11.6 Å². The minimum absolute atomic E-state index is 0.115. The maximum absolute atomic E-state index is 9.69. The Morgan fingerprint density at radius 3 is 2.71 bits per heavy atom. The average Bonchev–Trinajstić information content (AvgIpc) is 2.62. The van der Waals surface area contributed by atoms with Crippen LogP contribution in [0.15, 0.2) is 12.1 Å². The second-order valence-corrected chi connectivity index (χ2v) is 3.40. The van der Waals surface area contributed by atoms with Gasteiger partial charge in [0.15, 0.2) is 11.5 Å². The minimum atomic E-state index is 0.115. The molecule has 0 bridgehead atoms. The van der Waals surface area contributed by atoms with Gasteiger partial charge in [0.25, 0.3) is 0 Å². The molecule has 0 aromatic heterocycles. The van der Waals surface area contributed by atoms with E-state index in [1.807, 2.05) is 6.92 Å². The van der Waals surface area contributed by atoms with Crippen LogP contribution >= 0.6 is 0 Å². The van der Waals surface area contributed by atoms with E-state index in [1.165, 1.54) is 0 Å². The lowest BCUT2D eigenvalue weighted by atomic mass is 10.00. The summed E-state index contributed by atoms with van der Waals surface area (Å²) in [6, 6.07) is 3.36. The summed E-state index contributed by atoms with van der Waals surface area (Å²) in [6.07, 6.45) is 0. The van der Waals surface area contributed by atoms with E-state index in [0.29, 0.717) is 18.0 Å². The zero-order valence-corrected chi connectivity index (χ0v) is 7.99. The van der Waals surface area contributed by atoms with Gasteiger partial charge in [-0.3, -0.25) is 0 Å². The fourth-order valence-corrected chi connectivity index (χ4v) is 1.47. The maximum atomic E-state index is 9.69. The lowest BCUT2D eigenvalue weighted by Crippen LogP contribution is -2.08. The van der Waals surface area contributed by atoms with E-state index in [4.69, 9.17) is 15.2 Å². The first-order valence-electron chi connectivity index (χ1n) is 4.55. The molecule has 1 aromatic carbocycles. The zero-order chi connectivity index (χ0) is 10.1. The maximum Gasteiger partial charge on any atom is 0.231 e. The number of phenols is 1. The number of fused-ring (bicyclic) bond motifs is 1. The minimum Gasteiger partial charge on any atom is -0.508 e. The fourth-order valence-electron chi connectivity index (χ4n) is 1.47. The van der Waals surface area contributed by atoms with Crippen molar-refractivity contribution in [3.63, 3.8) is 0 Å². The van der Waals surface area contributed by atoms with Crippen LogP contribution in [0.3, 0.4) is 0 Å². The van der Waals surface area contributed by atoms with Crippen LogP contribution < -0.4 is 15.2 Å². The third-order valence-electron chi connectivity index (χ3n) is 2.41. The van der Waals surface area contributed by atoms with Gasteiger partial charge < -0.3 is 20.3 Å². The van der Waals surface area contributed by atoms with Crippen LogP contribution in [-0.4, -0.2) is 18.4 Å². The molecule has 76 valence electrons. The van der Waals surface area contributed by atoms with E-state index in [9.17, 15) is 5.11 Å². The van der Waals surface area contributed by atoms with Crippen molar-refractivity contribution in [3.8, 4) is 17.2 Å². The molecule has 0 spiro atoms. The van der Waals surface area contributed by atoms with Crippen LogP contribution in [0.4, 0.5) is 0 Å². The van der Waals surface area contributed by atoms with Crippen LogP contribution in [0.1, 0.15) is 18.4 Å². The van der Waals surface area contributed by atoms with Gasteiger partial charge in [-0.1, -0.05) is 6.92 Å². The molecule has 4 nitrogen and oxygen atoms in total. The standard InChI is InChI=1S/C10H13NO3/c1-6(4-11)7-2-9-10(3-8(7)12)14-5-13-9/h2-3,6,12H,4-5,11H2,1H3. The molecule has 0 fully saturated rings. The number of ether oxygens (including phenoxy) is 2. The Bertz CT molecular complexity index is 351. The molecule has 1 aliphatic rings. The van der Waals surface area contributed by atoms with Crippen molar-refractivity contribution in [2.45, 2.75) is 12.8 Å². The second-order valence-electron chi connectivity index (χ2n) is 3.40. The first kappa shape index (κ1) is 9.15. The van der Waals surface area contributed by atoms with Gasteiger partial charge in [-0.25, -0.2) is 0 Å². The van der Waals surface area contributed by atoms with E-state index >= 15 is 0 Å². The normalized spacial score (nSPS) is 15.6. The van der Waals surface area contributed by atoms with Crippen LogP contribution in [0.5, 0.6) is 17.2 Å². The van der Waals surface area contributed by atoms with Gasteiger partial charge in [0.2, 0.25) is 6.79 Å². The van der Waals surface area contributed by atoms with Crippen molar-refractivity contribution in [2.75, 3.05) is 13.3 Å². The third kappa shape index (κ3) is 1.37. The molecular formula is C10H13NO3. The van der Waals surface area contributed by atoms with E-state index in [0.717, 1.165) is 5.56 Å². The van der Waals surface area contributed by atoms with Gasteiger partial charge in [0.05, 0.1) is 0 Å². The molecule has 3 N–H and O–H groups in total. The number of hydrogen-bond acceptors (Lipinski definition) is 4. The Hall–Kier alpha value is -1.42. The fraction of sp³-hybridized carbons (Fsp3) is 0.400. The summed E-state index contributed by atoms with van der Waals surface area (Å²) in [7, 11) is 0. The summed E-state index contributed by atoms with van der Waals surface area (Å²) in [5, 5.41) is 9.69. The summed E-state index contributed by atoms with van der Waals surface area (Å²) in [6.45, 7) is 2.67. The van der Waals surface area contributed by atoms with Gasteiger partial charge in [-0.05, 0) is 18.5 Å².